The van der Waals surface area contributed by atoms with E-state index in [2.05, 4.69) is 104 Å². The van der Waals surface area contributed by atoms with Gasteiger partial charge in [0.05, 0.1) is 5.02 Å². The summed E-state index contributed by atoms with van der Waals surface area (Å²) >= 11 is 6.95. The van der Waals surface area contributed by atoms with Crippen LogP contribution in [0, 0.1) is 11.3 Å². The monoisotopic (exact) mass is 566 g/mol. The van der Waals surface area contributed by atoms with E-state index in [1.165, 1.54) is 12.8 Å². The zero-order valence-corrected chi connectivity index (χ0v) is 26.0. The van der Waals surface area contributed by atoms with E-state index in [-0.39, 0.29) is 17.5 Å². The number of hydrogen-bond acceptors (Lipinski definition) is 6. The van der Waals surface area contributed by atoms with E-state index >= 15 is 0 Å². The van der Waals surface area contributed by atoms with Crippen LogP contribution in [0.25, 0.3) is 11.1 Å². The third kappa shape index (κ3) is 7.29. The number of hydrogen-bond donors (Lipinski definition) is 3. The lowest BCUT2D eigenvalue weighted by Gasteiger charge is -2.36. The topological polar surface area (TPSA) is 92.1 Å². The number of piperidine rings is 1. The van der Waals surface area contributed by atoms with Gasteiger partial charge in [-0.1, -0.05) is 72.2 Å². The number of anilines is 3. The standard InChI is InChI=1S/C32H47ClN6O/c1-8-31(4,5)26-18-23(35-30-36-29(34)37-38-30)19-27(33)28(26)22-11-13-24(14-12-22)40-25-10-9-16-39(20-25)17-15-32(6,7)21(2)3/h11-14,18-19,21,25H,8-10,15-17,20H2,1-7H3,(H4,34,35,36,37,38). The number of likely N-dealkylation sites (tertiary alicyclic amines) is 1. The van der Waals surface area contributed by atoms with Crippen molar-refractivity contribution in [2.75, 3.05) is 30.7 Å². The Balaban J connectivity index is 1.49. The Labute approximate surface area is 245 Å². The van der Waals surface area contributed by atoms with Gasteiger partial charge in [0.25, 0.3) is 0 Å². The van der Waals surface area contributed by atoms with E-state index in [0.717, 1.165) is 60.6 Å². The van der Waals surface area contributed by atoms with Gasteiger partial charge in [0, 0.05) is 17.8 Å². The minimum atomic E-state index is -0.0977. The van der Waals surface area contributed by atoms with Crippen LogP contribution in [0.1, 0.15) is 79.7 Å². The molecule has 4 N–H and O–H groups in total. The molecule has 1 unspecified atom stereocenters. The van der Waals surface area contributed by atoms with Gasteiger partial charge in [-0.3, -0.25) is 4.90 Å². The molecule has 1 saturated heterocycles. The first kappa shape index (κ1) is 30.2. The van der Waals surface area contributed by atoms with Crippen molar-refractivity contribution in [3.05, 3.63) is 47.0 Å². The number of nitrogens with one attached hydrogen (secondary N) is 2. The Morgan fingerprint density at radius 2 is 1.90 bits per heavy atom. The molecule has 0 saturated carbocycles. The highest BCUT2D eigenvalue weighted by molar-refractivity contribution is 6.34. The summed E-state index contributed by atoms with van der Waals surface area (Å²) in [5.41, 5.74) is 10.0. The number of aromatic nitrogens is 3. The maximum atomic E-state index is 6.95. The Kier molecular flexibility index (Phi) is 9.36. The molecule has 1 atom stereocenters. The van der Waals surface area contributed by atoms with Crippen molar-refractivity contribution < 1.29 is 4.74 Å². The van der Waals surface area contributed by atoms with Crippen molar-refractivity contribution in [3.8, 4) is 16.9 Å². The van der Waals surface area contributed by atoms with Gasteiger partial charge < -0.3 is 15.8 Å². The predicted molar refractivity (Wildman–Crippen MR) is 168 cm³/mol. The highest BCUT2D eigenvalue weighted by atomic mass is 35.5. The number of halogens is 1. The lowest BCUT2D eigenvalue weighted by molar-refractivity contribution is 0.0753. The number of benzene rings is 2. The van der Waals surface area contributed by atoms with E-state index in [1.807, 2.05) is 6.07 Å². The largest absolute Gasteiger partial charge is 0.489 e. The SMILES string of the molecule is CCC(C)(C)c1cc(Nc2n[nH]c(N)n2)cc(Cl)c1-c1ccc(OC2CCCN(CCC(C)(C)C(C)C)C2)cc1. The first-order valence-corrected chi connectivity index (χ1v) is 15.0. The fourth-order valence-electron chi connectivity index (χ4n) is 5.10. The van der Waals surface area contributed by atoms with E-state index in [4.69, 9.17) is 22.1 Å². The lowest BCUT2D eigenvalue weighted by Crippen LogP contribution is -2.42. The van der Waals surface area contributed by atoms with Gasteiger partial charge >= 0.3 is 0 Å². The fraction of sp³-hybridized carbons (Fsp3) is 0.562. The van der Waals surface area contributed by atoms with Crippen molar-refractivity contribution in [1.29, 1.82) is 0 Å². The van der Waals surface area contributed by atoms with Crippen LogP contribution in [-0.4, -0.2) is 45.8 Å². The Hall–Kier alpha value is -2.77. The zero-order valence-electron chi connectivity index (χ0n) is 25.3. The summed E-state index contributed by atoms with van der Waals surface area (Å²) in [4.78, 5) is 6.74. The minimum Gasteiger partial charge on any atom is -0.489 e. The summed E-state index contributed by atoms with van der Waals surface area (Å²) in [6.07, 6.45) is 4.66. The van der Waals surface area contributed by atoms with Crippen molar-refractivity contribution >= 4 is 29.2 Å². The molecule has 3 aromatic rings. The molecule has 218 valence electrons. The second-order valence-electron chi connectivity index (χ2n) is 12.9. The number of ether oxygens (including phenoxy) is 1. The van der Waals surface area contributed by atoms with Crippen LogP contribution in [0.3, 0.4) is 0 Å². The molecule has 0 amide bonds. The van der Waals surface area contributed by atoms with Gasteiger partial charge in [-0.2, -0.15) is 4.98 Å². The summed E-state index contributed by atoms with van der Waals surface area (Å²) in [6, 6.07) is 12.5. The molecule has 1 fully saturated rings. The summed E-state index contributed by atoms with van der Waals surface area (Å²) in [5.74, 6) is 2.26. The van der Waals surface area contributed by atoms with Crippen LogP contribution in [0.5, 0.6) is 5.75 Å². The van der Waals surface area contributed by atoms with Crippen molar-refractivity contribution in [1.82, 2.24) is 20.1 Å². The van der Waals surface area contributed by atoms with Gasteiger partial charge in [-0.15, -0.1) is 5.10 Å². The molecule has 0 radical (unpaired) electrons. The maximum Gasteiger partial charge on any atom is 0.248 e. The van der Waals surface area contributed by atoms with E-state index < -0.39 is 0 Å². The van der Waals surface area contributed by atoms with Crippen molar-refractivity contribution in [2.45, 2.75) is 85.7 Å². The van der Waals surface area contributed by atoms with Crippen molar-refractivity contribution in [2.24, 2.45) is 11.3 Å². The quantitative estimate of drug-likeness (QED) is 0.217. The molecule has 0 aliphatic carbocycles. The van der Waals surface area contributed by atoms with Gasteiger partial charge in [-0.25, -0.2) is 5.10 Å². The number of nitrogens with zero attached hydrogens (tertiary/aromatic N) is 3. The lowest BCUT2D eigenvalue weighted by atomic mass is 9.78. The second-order valence-corrected chi connectivity index (χ2v) is 13.3. The smallest absolute Gasteiger partial charge is 0.248 e. The Bertz CT molecular complexity index is 1270. The van der Waals surface area contributed by atoms with E-state index in [1.54, 1.807) is 0 Å². The van der Waals surface area contributed by atoms with Gasteiger partial charge in [-0.05, 0) is 90.9 Å². The molecule has 2 heterocycles. The zero-order chi connectivity index (χ0) is 29.1. The summed E-state index contributed by atoms with van der Waals surface area (Å²) < 4.78 is 6.48. The molecule has 0 bridgehead atoms. The summed E-state index contributed by atoms with van der Waals surface area (Å²) in [7, 11) is 0. The first-order chi connectivity index (χ1) is 18.9. The molecule has 7 nitrogen and oxygen atoms in total. The molecule has 4 rings (SSSR count). The molecule has 0 spiro atoms. The Morgan fingerprint density at radius 1 is 1.18 bits per heavy atom. The summed E-state index contributed by atoms with van der Waals surface area (Å²) in [6.45, 7) is 19.4. The van der Waals surface area contributed by atoms with Gasteiger partial charge in [0.15, 0.2) is 0 Å². The van der Waals surface area contributed by atoms with Crippen LogP contribution in [0.2, 0.25) is 5.02 Å². The number of nitrogen functional groups attached to an aromatic ring is 1. The third-order valence-corrected chi connectivity index (χ3v) is 9.30. The number of nitrogens with two attached hydrogens (primary N) is 1. The van der Waals surface area contributed by atoms with Gasteiger partial charge in [0.1, 0.15) is 11.9 Å². The molecular formula is C32H47ClN6O. The van der Waals surface area contributed by atoms with Gasteiger partial charge in [0.2, 0.25) is 11.9 Å². The minimum absolute atomic E-state index is 0.0977. The fourth-order valence-corrected chi connectivity index (χ4v) is 5.42. The highest BCUT2D eigenvalue weighted by Crippen LogP contribution is 2.42. The third-order valence-electron chi connectivity index (χ3n) is 9.01. The Morgan fingerprint density at radius 3 is 2.52 bits per heavy atom. The predicted octanol–water partition coefficient (Wildman–Crippen LogP) is 8.05. The molecule has 2 aromatic carbocycles. The average Bonchev–Trinajstić information content (AvgIpc) is 3.32. The number of H-pyrrole nitrogens is 1. The van der Waals surface area contributed by atoms with Crippen molar-refractivity contribution in [3.63, 3.8) is 0 Å². The number of aromatic amines is 1. The highest BCUT2D eigenvalue weighted by Gasteiger charge is 2.27. The van der Waals surface area contributed by atoms with Crippen LogP contribution in [0.15, 0.2) is 36.4 Å². The van der Waals surface area contributed by atoms with E-state index in [0.29, 0.717) is 22.3 Å². The molecule has 1 aromatic heterocycles. The van der Waals surface area contributed by atoms with E-state index in [9.17, 15) is 0 Å². The molecule has 1 aliphatic heterocycles. The number of rotatable bonds is 11. The average molecular weight is 567 g/mol. The molecule has 1 aliphatic rings. The molecular weight excluding hydrogens is 520 g/mol. The normalized spacial score (nSPS) is 16.9. The first-order valence-electron chi connectivity index (χ1n) is 14.7. The van der Waals surface area contributed by atoms with Crippen LogP contribution in [0.4, 0.5) is 17.6 Å². The second kappa shape index (κ2) is 12.4. The molecule has 8 heteroatoms. The maximum absolute atomic E-state index is 6.95. The summed E-state index contributed by atoms with van der Waals surface area (Å²) in [5, 5.41) is 10.6. The van der Waals surface area contributed by atoms with Crippen LogP contribution in [-0.2, 0) is 5.41 Å². The van der Waals surface area contributed by atoms with Crippen LogP contribution < -0.4 is 15.8 Å². The van der Waals surface area contributed by atoms with Crippen LogP contribution >= 0.6 is 11.6 Å². The molecule has 40 heavy (non-hydrogen) atoms.